The van der Waals surface area contributed by atoms with Gasteiger partial charge in [0, 0.05) is 26.0 Å². The van der Waals surface area contributed by atoms with E-state index in [1.54, 1.807) is 18.3 Å². The summed E-state index contributed by atoms with van der Waals surface area (Å²) in [7, 11) is 1.94. The highest BCUT2D eigenvalue weighted by Crippen LogP contribution is 2.12. The third-order valence-electron chi connectivity index (χ3n) is 2.83. The summed E-state index contributed by atoms with van der Waals surface area (Å²) >= 11 is 0. The van der Waals surface area contributed by atoms with Crippen molar-refractivity contribution in [1.82, 2.24) is 14.9 Å². The molecule has 20 heavy (non-hydrogen) atoms. The van der Waals surface area contributed by atoms with E-state index in [0.717, 1.165) is 5.82 Å². The van der Waals surface area contributed by atoms with Gasteiger partial charge in [0.05, 0.1) is 12.1 Å². The molecule has 0 aliphatic heterocycles. The molecule has 0 saturated carbocycles. The Morgan fingerprint density at radius 2 is 2.35 bits per heavy atom. The minimum Gasteiger partial charge on any atom is -0.492 e. The summed E-state index contributed by atoms with van der Waals surface area (Å²) in [6.45, 7) is 1.79. The molecule has 1 aromatic carbocycles. The Morgan fingerprint density at radius 1 is 1.50 bits per heavy atom. The van der Waals surface area contributed by atoms with Crippen LogP contribution in [0.1, 0.15) is 16.2 Å². The summed E-state index contributed by atoms with van der Waals surface area (Å²) in [6.07, 6.45) is 3.65. The van der Waals surface area contributed by atoms with Crippen molar-refractivity contribution in [1.29, 1.82) is 0 Å². The number of aromatic carboxylic acids is 1. The molecule has 0 atom stereocenters. The Labute approximate surface area is 117 Å². The molecule has 2 N–H and O–H groups in total. The van der Waals surface area contributed by atoms with Gasteiger partial charge in [-0.1, -0.05) is 6.07 Å². The van der Waals surface area contributed by atoms with E-state index < -0.39 is 5.97 Å². The molecule has 0 aliphatic rings. The van der Waals surface area contributed by atoms with Crippen LogP contribution in [0, 0.1) is 0 Å². The van der Waals surface area contributed by atoms with Crippen LogP contribution >= 0.6 is 0 Å². The maximum absolute atomic E-state index is 10.8. The number of aryl methyl sites for hydroxylation is 1. The van der Waals surface area contributed by atoms with Crippen LogP contribution in [-0.4, -0.2) is 33.8 Å². The number of carboxylic acids is 1. The molecule has 1 aromatic heterocycles. The predicted molar refractivity (Wildman–Crippen MR) is 73.8 cm³/mol. The number of aromatic nitrogens is 2. The van der Waals surface area contributed by atoms with Gasteiger partial charge in [-0.15, -0.1) is 0 Å². The molecule has 6 heteroatoms. The third-order valence-corrected chi connectivity index (χ3v) is 2.83. The lowest BCUT2D eigenvalue weighted by molar-refractivity contribution is 0.0696. The fourth-order valence-corrected chi connectivity index (χ4v) is 1.73. The lowest BCUT2D eigenvalue weighted by Gasteiger charge is -2.08. The molecule has 0 aliphatic carbocycles. The molecule has 0 spiro atoms. The molecule has 106 valence electrons. The van der Waals surface area contributed by atoms with Gasteiger partial charge in [0.15, 0.2) is 0 Å². The fraction of sp³-hybridized carbons (Fsp3) is 0.286. The largest absolute Gasteiger partial charge is 0.492 e. The number of carbonyl (C=O) groups is 1. The number of ether oxygens (including phenoxy) is 1. The Bertz CT molecular complexity index is 581. The van der Waals surface area contributed by atoms with E-state index in [1.807, 2.05) is 17.8 Å². The summed E-state index contributed by atoms with van der Waals surface area (Å²) in [4.78, 5) is 15.0. The quantitative estimate of drug-likeness (QED) is 0.745. The second-order valence-corrected chi connectivity index (χ2v) is 4.31. The molecule has 0 radical (unpaired) electrons. The minimum atomic E-state index is -0.955. The molecule has 0 unspecified atom stereocenters. The molecular weight excluding hydrogens is 258 g/mol. The van der Waals surface area contributed by atoms with Gasteiger partial charge in [-0.3, -0.25) is 0 Å². The van der Waals surface area contributed by atoms with Crippen LogP contribution in [0.2, 0.25) is 0 Å². The van der Waals surface area contributed by atoms with Crippen LogP contribution < -0.4 is 10.1 Å². The highest BCUT2D eigenvalue weighted by Gasteiger charge is 2.03. The lowest BCUT2D eigenvalue weighted by Crippen LogP contribution is -2.22. The molecule has 6 nitrogen and oxygen atoms in total. The van der Waals surface area contributed by atoms with E-state index in [0.29, 0.717) is 25.4 Å². The summed E-state index contributed by atoms with van der Waals surface area (Å²) in [5.41, 5.74) is 0.225. The van der Waals surface area contributed by atoms with Gasteiger partial charge in [0.25, 0.3) is 0 Å². The number of benzene rings is 1. The maximum Gasteiger partial charge on any atom is 0.335 e. The second kappa shape index (κ2) is 6.72. The standard InChI is InChI=1S/C14H17N3O3/c1-17-7-5-16-13(17)10-15-6-8-20-12-4-2-3-11(9-12)14(18)19/h2-5,7,9,15H,6,8,10H2,1H3,(H,18,19). The van der Waals surface area contributed by atoms with Crippen molar-refractivity contribution in [3.8, 4) is 5.75 Å². The predicted octanol–water partition coefficient (Wildman–Crippen LogP) is 1.29. The van der Waals surface area contributed by atoms with Crippen molar-refractivity contribution in [3.05, 3.63) is 48.0 Å². The molecule has 0 bridgehead atoms. The molecular formula is C14H17N3O3. The van der Waals surface area contributed by atoms with Crippen molar-refractivity contribution in [2.24, 2.45) is 7.05 Å². The van der Waals surface area contributed by atoms with Gasteiger partial charge in [-0.25, -0.2) is 9.78 Å². The van der Waals surface area contributed by atoms with Gasteiger partial charge < -0.3 is 19.7 Å². The zero-order chi connectivity index (χ0) is 14.4. The van der Waals surface area contributed by atoms with Crippen LogP contribution in [0.5, 0.6) is 5.75 Å². The van der Waals surface area contributed by atoms with Crippen LogP contribution in [-0.2, 0) is 13.6 Å². The van der Waals surface area contributed by atoms with E-state index in [4.69, 9.17) is 9.84 Å². The number of hydrogen-bond acceptors (Lipinski definition) is 4. The summed E-state index contributed by atoms with van der Waals surface area (Å²) in [5, 5.41) is 12.1. The van der Waals surface area contributed by atoms with Gasteiger partial charge in [-0.05, 0) is 18.2 Å². The zero-order valence-electron chi connectivity index (χ0n) is 11.2. The molecule has 0 saturated heterocycles. The van der Waals surface area contributed by atoms with Crippen LogP contribution in [0.3, 0.4) is 0 Å². The Kier molecular flexibility index (Phi) is 4.73. The Balaban J connectivity index is 1.72. The molecule has 0 amide bonds. The summed E-state index contributed by atoms with van der Waals surface area (Å²) in [5.74, 6) is 0.560. The number of imidazole rings is 1. The average Bonchev–Trinajstić information content (AvgIpc) is 2.84. The first kappa shape index (κ1) is 14.1. The molecule has 2 rings (SSSR count). The SMILES string of the molecule is Cn1ccnc1CNCCOc1cccc(C(=O)O)c1. The van der Waals surface area contributed by atoms with Crippen molar-refractivity contribution in [3.63, 3.8) is 0 Å². The highest BCUT2D eigenvalue weighted by atomic mass is 16.5. The Morgan fingerprint density at radius 3 is 3.05 bits per heavy atom. The monoisotopic (exact) mass is 275 g/mol. The van der Waals surface area contributed by atoms with Crippen LogP contribution in [0.4, 0.5) is 0 Å². The normalized spacial score (nSPS) is 10.4. The number of nitrogens with zero attached hydrogens (tertiary/aromatic N) is 2. The number of carboxylic acid groups (broad SMARTS) is 1. The first-order valence-electron chi connectivity index (χ1n) is 6.30. The smallest absolute Gasteiger partial charge is 0.335 e. The van der Waals surface area contributed by atoms with E-state index in [9.17, 15) is 4.79 Å². The lowest BCUT2D eigenvalue weighted by atomic mass is 10.2. The fourth-order valence-electron chi connectivity index (χ4n) is 1.73. The molecule has 1 heterocycles. The zero-order valence-corrected chi connectivity index (χ0v) is 11.2. The molecule has 2 aromatic rings. The number of rotatable bonds is 7. The highest BCUT2D eigenvalue weighted by molar-refractivity contribution is 5.87. The van der Waals surface area contributed by atoms with Gasteiger partial charge in [0.1, 0.15) is 18.2 Å². The maximum atomic E-state index is 10.8. The summed E-state index contributed by atoms with van der Waals surface area (Å²) in [6, 6.07) is 6.46. The van der Waals surface area contributed by atoms with Crippen molar-refractivity contribution >= 4 is 5.97 Å². The third kappa shape index (κ3) is 3.83. The number of hydrogen-bond donors (Lipinski definition) is 2. The van der Waals surface area contributed by atoms with Gasteiger partial charge in [-0.2, -0.15) is 0 Å². The van der Waals surface area contributed by atoms with Crippen LogP contribution in [0.25, 0.3) is 0 Å². The first-order valence-corrected chi connectivity index (χ1v) is 6.30. The van der Waals surface area contributed by atoms with Crippen molar-refractivity contribution < 1.29 is 14.6 Å². The van der Waals surface area contributed by atoms with Gasteiger partial charge in [0.2, 0.25) is 0 Å². The summed E-state index contributed by atoms with van der Waals surface area (Å²) < 4.78 is 7.44. The van der Waals surface area contributed by atoms with Crippen LogP contribution in [0.15, 0.2) is 36.7 Å². The van der Waals surface area contributed by atoms with E-state index in [-0.39, 0.29) is 5.56 Å². The van der Waals surface area contributed by atoms with Crippen molar-refractivity contribution in [2.45, 2.75) is 6.54 Å². The van der Waals surface area contributed by atoms with Gasteiger partial charge >= 0.3 is 5.97 Å². The van der Waals surface area contributed by atoms with Crippen molar-refractivity contribution in [2.75, 3.05) is 13.2 Å². The van der Waals surface area contributed by atoms with E-state index >= 15 is 0 Å². The Hall–Kier alpha value is -2.34. The first-order chi connectivity index (χ1) is 9.66. The average molecular weight is 275 g/mol. The van der Waals surface area contributed by atoms with E-state index in [2.05, 4.69) is 10.3 Å². The second-order valence-electron chi connectivity index (χ2n) is 4.31. The molecule has 0 fully saturated rings. The minimum absolute atomic E-state index is 0.225. The number of nitrogens with one attached hydrogen (secondary N) is 1. The topological polar surface area (TPSA) is 76.4 Å². The van der Waals surface area contributed by atoms with E-state index in [1.165, 1.54) is 12.1 Å².